The second-order valence-electron chi connectivity index (χ2n) is 1.90. The minimum atomic E-state index is -1.88. The molecule has 66 valence electrons. The SMILES string of the molecule is C=CC/C(C(=O)O)=C(\F)C(=O)O. The summed E-state index contributed by atoms with van der Waals surface area (Å²) in [4.78, 5) is 20.2. The molecule has 0 rings (SSSR count). The minimum absolute atomic E-state index is 0.312. The molecule has 0 bridgehead atoms. The van der Waals surface area contributed by atoms with Gasteiger partial charge in [-0.15, -0.1) is 6.58 Å². The minimum Gasteiger partial charge on any atom is -0.478 e. The highest BCUT2D eigenvalue weighted by Gasteiger charge is 2.18. The van der Waals surface area contributed by atoms with Crippen LogP contribution in [0.2, 0.25) is 0 Å². The average molecular weight is 174 g/mol. The molecule has 0 aromatic heterocycles. The fourth-order valence-corrected chi connectivity index (χ4v) is 0.544. The van der Waals surface area contributed by atoms with Gasteiger partial charge in [0.15, 0.2) is 0 Å². The second-order valence-corrected chi connectivity index (χ2v) is 1.90. The molecular formula is C7H7FO4. The van der Waals surface area contributed by atoms with Crippen molar-refractivity contribution >= 4 is 11.9 Å². The second kappa shape index (κ2) is 4.27. The Kier molecular flexibility index (Phi) is 3.69. The number of allylic oxidation sites excluding steroid dienone is 1. The molecule has 0 radical (unpaired) electrons. The Morgan fingerprint density at radius 2 is 1.83 bits per heavy atom. The molecule has 0 heterocycles. The molecule has 12 heavy (non-hydrogen) atoms. The maximum Gasteiger partial charge on any atom is 0.365 e. The molecule has 0 atom stereocenters. The van der Waals surface area contributed by atoms with Gasteiger partial charge in [-0.25, -0.2) is 9.59 Å². The molecule has 4 nitrogen and oxygen atoms in total. The first-order valence-corrected chi connectivity index (χ1v) is 2.96. The molecule has 0 saturated carbocycles. The van der Waals surface area contributed by atoms with E-state index in [2.05, 4.69) is 6.58 Å². The van der Waals surface area contributed by atoms with Gasteiger partial charge in [-0.3, -0.25) is 0 Å². The summed E-state index contributed by atoms with van der Waals surface area (Å²) < 4.78 is 12.5. The van der Waals surface area contributed by atoms with E-state index in [9.17, 15) is 14.0 Å². The van der Waals surface area contributed by atoms with Crippen molar-refractivity contribution in [2.45, 2.75) is 6.42 Å². The summed E-state index contributed by atoms with van der Waals surface area (Å²) >= 11 is 0. The Bertz CT molecular complexity index is 254. The van der Waals surface area contributed by atoms with Crippen LogP contribution in [0.5, 0.6) is 0 Å². The lowest BCUT2D eigenvalue weighted by Gasteiger charge is -1.97. The van der Waals surface area contributed by atoms with Crippen molar-refractivity contribution in [3.8, 4) is 0 Å². The van der Waals surface area contributed by atoms with Gasteiger partial charge in [0.1, 0.15) is 0 Å². The molecule has 0 amide bonds. The topological polar surface area (TPSA) is 74.6 Å². The maximum atomic E-state index is 12.5. The van der Waals surface area contributed by atoms with E-state index in [1.165, 1.54) is 0 Å². The van der Waals surface area contributed by atoms with Crippen LogP contribution in [0, 0.1) is 0 Å². The van der Waals surface area contributed by atoms with E-state index in [1.54, 1.807) is 0 Å². The van der Waals surface area contributed by atoms with Crippen LogP contribution in [0.25, 0.3) is 0 Å². The van der Waals surface area contributed by atoms with Crippen LogP contribution in [0.1, 0.15) is 6.42 Å². The van der Waals surface area contributed by atoms with E-state index in [4.69, 9.17) is 10.2 Å². The quantitative estimate of drug-likeness (QED) is 0.491. The molecule has 0 saturated heterocycles. The lowest BCUT2D eigenvalue weighted by atomic mass is 10.1. The first kappa shape index (κ1) is 10.3. The van der Waals surface area contributed by atoms with Crippen molar-refractivity contribution in [3.63, 3.8) is 0 Å². The number of halogens is 1. The summed E-state index contributed by atoms with van der Waals surface area (Å²) in [7, 11) is 0. The summed E-state index contributed by atoms with van der Waals surface area (Å²) in [6.45, 7) is 3.17. The van der Waals surface area contributed by atoms with E-state index in [-0.39, 0.29) is 6.42 Å². The Hall–Kier alpha value is -1.65. The van der Waals surface area contributed by atoms with Crippen molar-refractivity contribution < 1.29 is 24.2 Å². The Labute approximate surface area is 67.6 Å². The summed E-state index contributed by atoms with van der Waals surface area (Å²) in [5.41, 5.74) is -0.794. The van der Waals surface area contributed by atoms with Crippen LogP contribution in [0.15, 0.2) is 24.1 Å². The van der Waals surface area contributed by atoms with E-state index >= 15 is 0 Å². The van der Waals surface area contributed by atoms with Gasteiger partial charge in [-0.2, -0.15) is 4.39 Å². The molecule has 0 spiro atoms. The number of carboxylic acid groups (broad SMARTS) is 2. The smallest absolute Gasteiger partial charge is 0.365 e. The fourth-order valence-electron chi connectivity index (χ4n) is 0.544. The highest BCUT2D eigenvalue weighted by atomic mass is 19.1. The largest absolute Gasteiger partial charge is 0.478 e. The molecule has 0 aliphatic heterocycles. The highest BCUT2D eigenvalue weighted by Crippen LogP contribution is 2.11. The zero-order valence-corrected chi connectivity index (χ0v) is 6.08. The monoisotopic (exact) mass is 174 g/mol. The Morgan fingerprint density at radius 3 is 2.08 bits per heavy atom. The van der Waals surface area contributed by atoms with E-state index in [0.717, 1.165) is 6.08 Å². The number of carboxylic acids is 2. The molecular weight excluding hydrogens is 167 g/mol. The number of hydrogen-bond donors (Lipinski definition) is 2. The van der Waals surface area contributed by atoms with Crippen molar-refractivity contribution in [3.05, 3.63) is 24.1 Å². The van der Waals surface area contributed by atoms with Crippen molar-refractivity contribution in [1.82, 2.24) is 0 Å². The molecule has 0 aliphatic rings. The van der Waals surface area contributed by atoms with E-state index in [1.807, 2.05) is 0 Å². The van der Waals surface area contributed by atoms with Gasteiger partial charge in [0.05, 0.1) is 5.57 Å². The number of carbonyl (C=O) groups is 2. The van der Waals surface area contributed by atoms with Gasteiger partial charge in [0.25, 0.3) is 0 Å². The predicted octanol–water partition coefficient (Wildman–Crippen LogP) is 0.955. The maximum absolute atomic E-state index is 12.5. The van der Waals surface area contributed by atoms with Gasteiger partial charge >= 0.3 is 11.9 Å². The van der Waals surface area contributed by atoms with E-state index < -0.39 is 23.3 Å². The summed E-state index contributed by atoms with van der Waals surface area (Å²) in [5, 5.41) is 16.4. The van der Waals surface area contributed by atoms with Crippen LogP contribution in [-0.2, 0) is 9.59 Å². The third-order valence-electron chi connectivity index (χ3n) is 1.06. The molecule has 0 aliphatic carbocycles. The van der Waals surface area contributed by atoms with Gasteiger partial charge in [-0.1, -0.05) is 6.08 Å². The molecule has 0 aromatic rings. The number of aliphatic carboxylic acids is 2. The van der Waals surface area contributed by atoms with Gasteiger partial charge in [0, 0.05) is 6.42 Å². The molecule has 0 unspecified atom stereocenters. The standard InChI is InChI=1S/C7H7FO4/c1-2-3-4(6(9)10)5(8)7(11)12/h2H,1,3H2,(H,9,10)(H,11,12)/b5-4+. The lowest BCUT2D eigenvalue weighted by Crippen LogP contribution is -2.07. The summed E-state index contributed by atoms with van der Waals surface area (Å²) in [5.74, 6) is -5.12. The van der Waals surface area contributed by atoms with E-state index in [0.29, 0.717) is 0 Å². The molecule has 0 fully saturated rings. The fraction of sp³-hybridized carbons (Fsp3) is 0.143. The summed E-state index contributed by atoms with van der Waals surface area (Å²) in [6, 6.07) is 0. The first-order valence-electron chi connectivity index (χ1n) is 2.96. The van der Waals surface area contributed by atoms with Gasteiger partial charge in [0.2, 0.25) is 5.83 Å². The number of hydrogen-bond acceptors (Lipinski definition) is 2. The molecule has 2 N–H and O–H groups in total. The van der Waals surface area contributed by atoms with Crippen molar-refractivity contribution in [1.29, 1.82) is 0 Å². The summed E-state index contributed by atoms with van der Waals surface area (Å²) in [6.07, 6.45) is 0.805. The Balaban J connectivity index is 4.92. The first-order chi connectivity index (χ1) is 5.50. The van der Waals surface area contributed by atoms with Crippen LogP contribution >= 0.6 is 0 Å². The van der Waals surface area contributed by atoms with Crippen LogP contribution < -0.4 is 0 Å². The highest BCUT2D eigenvalue weighted by molar-refractivity contribution is 5.97. The van der Waals surface area contributed by atoms with Crippen molar-refractivity contribution in [2.75, 3.05) is 0 Å². The zero-order valence-electron chi connectivity index (χ0n) is 6.08. The van der Waals surface area contributed by atoms with Crippen LogP contribution in [0.4, 0.5) is 4.39 Å². The van der Waals surface area contributed by atoms with Crippen LogP contribution in [-0.4, -0.2) is 22.2 Å². The molecule has 0 aromatic carbocycles. The average Bonchev–Trinajstić information content (AvgIpc) is 1.98. The van der Waals surface area contributed by atoms with Crippen molar-refractivity contribution in [2.24, 2.45) is 0 Å². The third kappa shape index (κ3) is 2.53. The normalized spacial score (nSPS) is 11.8. The predicted molar refractivity (Wildman–Crippen MR) is 38.2 cm³/mol. The molecule has 5 heteroatoms. The Morgan fingerprint density at radius 1 is 1.33 bits per heavy atom. The van der Waals surface area contributed by atoms with Gasteiger partial charge in [-0.05, 0) is 0 Å². The van der Waals surface area contributed by atoms with Crippen LogP contribution in [0.3, 0.4) is 0 Å². The van der Waals surface area contributed by atoms with Gasteiger partial charge < -0.3 is 10.2 Å². The number of rotatable bonds is 4. The lowest BCUT2D eigenvalue weighted by molar-refractivity contribution is -0.137. The third-order valence-corrected chi connectivity index (χ3v) is 1.06. The zero-order chi connectivity index (χ0) is 9.72.